The highest BCUT2D eigenvalue weighted by Gasteiger charge is 2.30. The molecule has 1 fully saturated rings. The first-order chi connectivity index (χ1) is 13.6. The first-order valence-electron chi connectivity index (χ1n) is 9.20. The van der Waals surface area contributed by atoms with Crippen molar-refractivity contribution in [2.24, 2.45) is 5.92 Å². The predicted octanol–water partition coefficient (Wildman–Crippen LogP) is 2.71. The molecule has 0 bridgehead atoms. The van der Waals surface area contributed by atoms with Gasteiger partial charge in [0.05, 0.1) is 11.3 Å². The molecule has 2 aliphatic rings. The number of benzene rings is 1. The van der Waals surface area contributed by atoms with E-state index in [2.05, 4.69) is 15.0 Å². The van der Waals surface area contributed by atoms with E-state index in [1.54, 1.807) is 25.2 Å². The predicted molar refractivity (Wildman–Crippen MR) is 106 cm³/mol. The quantitative estimate of drug-likeness (QED) is 0.817. The average molecular weight is 402 g/mol. The maximum atomic E-state index is 12.9. The monoisotopic (exact) mass is 402 g/mol. The van der Waals surface area contributed by atoms with Crippen LogP contribution in [0, 0.1) is 12.8 Å². The normalized spacial score (nSPS) is 16.1. The molecular weight excluding hydrogens is 380 g/mol. The number of amides is 2. The molecule has 0 atom stereocenters. The summed E-state index contributed by atoms with van der Waals surface area (Å²) in [4.78, 5) is 27.3. The first kappa shape index (κ1) is 18.5. The van der Waals surface area contributed by atoms with Gasteiger partial charge in [-0.15, -0.1) is 0 Å². The molecule has 28 heavy (non-hydrogen) atoms. The molecule has 8 nitrogen and oxygen atoms in total. The van der Waals surface area contributed by atoms with Crippen molar-refractivity contribution in [1.29, 1.82) is 0 Å². The highest BCUT2D eigenvalue weighted by atomic mass is 32.1. The molecule has 0 radical (unpaired) electrons. The number of likely N-dealkylation sites (tertiary alicyclic amines) is 1. The molecular formula is C19H22N4O4S. The number of carbonyl (C=O) groups excluding carboxylic acids is 2. The molecule has 2 aromatic rings. The van der Waals surface area contributed by atoms with Gasteiger partial charge in [-0.05, 0) is 43.4 Å². The van der Waals surface area contributed by atoms with Crippen LogP contribution in [0.25, 0.3) is 0 Å². The van der Waals surface area contributed by atoms with Gasteiger partial charge in [0.25, 0.3) is 5.91 Å². The number of carbonyl (C=O) groups is 2. The minimum Gasteiger partial charge on any atom is -0.454 e. The minimum atomic E-state index is -0.125. The fourth-order valence-corrected chi connectivity index (χ4v) is 4.25. The Morgan fingerprint density at radius 1 is 1.21 bits per heavy atom. The van der Waals surface area contributed by atoms with Crippen molar-refractivity contribution in [2.45, 2.75) is 19.8 Å². The van der Waals surface area contributed by atoms with Crippen molar-refractivity contribution >= 4 is 34.0 Å². The number of aryl methyl sites for hydroxylation is 1. The molecule has 0 unspecified atom stereocenters. The molecule has 1 saturated heterocycles. The molecule has 3 heterocycles. The van der Waals surface area contributed by atoms with E-state index in [0.29, 0.717) is 48.7 Å². The third-order valence-corrected chi connectivity index (χ3v) is 6.05. The molecule has 2 aliphatic heterocycles. The summed E-state index contributed by atoms with van der Waals surface area (Å²) < 4.78 is 14.9. The van der Waals surface area contributed by atoms with Gasteiger partial charge < -0.3 is 25.0 Å². The maximum absolute atomic E-state index is 12.9. The molecule has 2 N–H and O–H groups in total. The summed E-state index contributed by atoms with van der Waals surface area (Å²) in [6, 6.07) is 5.36. The Balaban J connectivity index is 1.35. The number of nitrogens with zero attached hydrogens (tertiary/aromatic N) is 2. The molecule has 0 spiro atoms. The molecule has 9 heteroatoms. The zero-order valence-electron chi connectivity index (χ0n) is 15.8. The molecule has 0 aliphatic carbocycles. The molecule has 4 rings (SSSR count). The second-order valence-electron chi connectivity index (χ2n) is 6.85. The van der Waals surface area contributed by atoms with Crippen LogP contribution in [0.2, 0.25) is 0 Å². The van der Waals surface area contributed by atoms with Gasteiger partial charge in [0.2, 0.25) is 12.7 Å². The SMILES string of the molecule is CNc1snc(C)c1C(=O)N1CCC(C(=O)Nc2ccc3c(c2)OCO3)CC1. The second-order valence-corrected chi connectivity index (χ2v) is 7.62. The van der Waals surface area contributed by atoms with Crippen LogP contribution in [0.1, 0.15) is 28.9 Å². The van der Waals surface area contributed by atoms with Gasteiger partial charge in [0.15, 0.2) is 11.5 Å². The largest absolute Gasteiger partial charge is 0.454 e. The van der Waals surface area contributed by atoms with Crippen LogP contribution in [-0.2, 0) is 4.79 Å². The van der Waals surface area contributed by atoms with E-state index in [1.807, 2.05) is 11.8 Å². The van der Waals surface area contributed by atoms with Crippen molar-refractivity contribution in [3.8, 4) is 11.5 Å². The van der Waals surface area contributed by atoms with Crippen LogP contribution in [-0.4, -0.2) is 48.0 Å². The van der Waals surface area contributed by atoms with Crippen LogP contribution >= 0.6 is 11.5 Å². The van der Waals surface area contributed by atoms with Crippen molar-refractivity contribution in [2.75, 3.05) is 37.6 Å². The fraction of sp³-hybridized carbons (Fsp3) is 0.421. The molecule has 1 aromatic heterocycles. The van der Waals surface area contributed by atoms with Crippen LogP contribution in [0.4, 0.5) is 10.7 Å². The minimum absolute atomic E-state index is 0.0229. The lowest BCUT2D eigenvalue weighted by Crippen LogP contribution is -2.41. The summed E-state index contributed by atoms with van der Waals surface area (Å²) in [6.07, 6.45) is 1.27. The fourth-order valence-electron chi connectivity index (χ4n) is 3.51. The Labute approximate surface area is 167 Å². The Morgan fingerprint density at radius 2 is 1.96 bits per heavy atom. The van der Waals surface area contributed by atoms with Crippen molar-refractivity contribution in [3.63, 3.8) is 0 Å². The molecule has 2 amide bonds. The number of hydrogen-bond donors (Lipinski definition) is 2. The number of rotatable bonds is 4. The van der Waals surface area contributed by atoms with E-state index in [-0.39, 0.29) is 24.5 Å². The standard InChI is InChI=1S/C19H22N4O4S/c1-11-16(18(20-2)28-22-11)19(25)23-7-5-12(6-8-23)17(24)21-13-3-4-14-15(9-13)27-10-26-14/h3-4,9,12,20H,5-8,10H2,1-2H3,(H,21,24). The molecule has 1 aromatic carbocycles. The Hall–Kier alpha value is -2.81. The van der Waals surface area contributed by atoms with Crippen LogP contribution in [0.15, 0.2) is 18.2 Å². The van der Waals surface area contributed by atoms with Gasteiger partial charge in [0, 0.05) is 37.8 Å². The van der Waals surface area contributed by atoms with Crippen LogP contribution < -0.4 is 20.1 Å². The number of ether oxygens (including phenoxy) is 2. The van der Waals surface area contributed by atoms with Crippen molar-refractivity contribution < 1.29 is 19.1 Å². The van der Waals surface area contributed by atoms with Gasteiger partial charge in [-0.2, -0.15) is 4.37 Å². The number of nitrogens with one attached hydrogen (secondary N) is 2. The van der Waals surface area contributed by atoms with Crippen molar-refractivity contribution in [3.05, 3.63) is 29.5 Å². The van der Waals surface area contributed by atoms with E-state index in [9.17, 15) is 9.59 Å². The summed E-state index contributed by atoms with van der Waals surface area (Å²) >= 11 is 1.29. The summed E-state index contributed by atoms with van der Waals surface area (Å²) in [5, 5.41) is 6.76. The number of aromatic nitrogens is 1. The summed E-state index contributed by atoms with van der Waals surface area (Å²) in [5.74, 6) is 1.14. The van der Waals surface area contributed by atoms with E-state index >= 15 is 0 Å². The lowest BCUT2D eigenvalue weighted by Gasteiger charge is -2.31. The number of hydrogen-bond acceptors (Lipinski definition) is 7. The first-order valence-corrected chi connectivity index (χ1v) is 9.98. The number of piperidine rings is 1. The highest BCUT2D eigenvalue weighted by Crippen LogP contribution is 2.34. The van der Waals surface area contributed by atoms with Gasteiger partial charge in [0.1, 0.15) is 5.00 Å². The number of fused-ring (bicyclic) bond motifs is 1. The van der Waals surface area contributed by atoms with E-state index < -0.39 is 0 Å². The van der Waals surface area contributed by atoms with Gasteiger partial charge in [-0.1, -0.05) is 0 Å². The summed E-state index contributed by atoms with van der Waals surface area (Å²) in [5.41, 5.74) is 2.06. The zero-order valence-corrected chi connectivity index (χ0v) is 16.6. The van der Waals surface area contributed by atoms with Crippen LogP contribution in [0.3, 0.4) is 0 Å². The van der Waals surface area contributed by atoms with Gasteiger partial charge in [-0.3, -0.25) is 9.59 Å². The molecule has 0 saturated carbocycles. The highest BCUT2D eigenvalue weighted by molar-refractivity contribution is 7.10. The topological polar surface area (TPSA) is 92.8 Å². The second kappa shape index (κ2) is 7.67. The summed E-state index contributed by atoms with van der Waals surface area (Å²) in [7, 11) is 1.79. The van der Waals surface area contributed by atoms with Gasteiger partial charge in [-0.25, -0.2) is 0 Å². The lowest BCUT2D eigenvalue weighted by atomic mass is 9.95. The lowest BCUT2D eigenvalue weighted by molar-refractivity contribution is -0.121. The summed E-state index contributed by atoms with van der Waals surface area (Å²) in [6.45, 7) is 3.15. The third-order valence-electron chi connectivity index (χ3n) is 5.10. The van der Waals surface area contributed by atoms with Crippen molar-refractivity contribution in [1.82, 2.24) is 9.27 Å². The van der Waals surface area contributed by atoms with Gasteiger partial charge >= 0.3 is 0 Å². The Kier molecular flexibility index (Phi) is 5.08. The average Bonchev–Trinajstić information content (AvgIpc) is 3.33. The molecule has 148 valence electrons. The Bertz CT molecular complexity index is 905. The maximum Gasteiger partial charge on any atom is 0.258 e. The smallest absolute Gasteiger partial charge is 0.258 e. The van der Waals surface area contributed by atoms with E-state index in [4.69, 9.17) is 9.47 Å². The number of anilines is 2. The van der Waals surface area contributed by atoms with Crippen LogP contribution in [0.5, 0.6) is 11.5 Å². The zero-order chi connectivity index (χ0) is 19.7. The van der Waals surface area contributed by atoms with E-state index in [0.717, 1.165) is 10.7 Å². The third kappa shape index (κ3) is 3.49. The Morgan fingerprint density at radius 3 is 2.71 bits per heavy atom. The van der Waals surface area contributed by atoms with E-state index in [1.165, 1.54) is 11.5 Å².